The van der Waals surface area contributed by atoms with E-state index in [2.05, 4.69) is 4.90 Å². The number of thiophene rings is 1. The van der Waals surface area contributed by atoms with E-state index < -0.39 is 27.9 Å². The van der Waals surface area contributed by atoms with Crippen molar-refractivity contribution in [2.45, 2.75) is 53.6 Å². The molecule has 0 unspecified atom stereocenters. The van der Waals surface area contributed by atoms with E-state index in [1.165, 1.54) is 28.6 Å². The zero-order valence-corrected chi connectivity index (χ0v) is 21.8. The Morgan fingerprint density at radius 1 is 1.14 bits per heavy atom. The van der Waals surface area contributed by atoms with E-state index in [1.54, 1.807) is 17.5 Å². The van der Waals surface area contributed by atoms with Crippen LogP contribution in [0.15, 0.2) is 46.0 Å². The molecule has 0 amide bonds. The number of halogens is 3. The third-order valence-corrected chi connectivity index (χ3v) is 11.0. The van der Waals surface area contributed by atoms with Gasteiger partial charge in [0.05, 0.1) is 31.4 Å². The molecule has 0 saturated carbocycles. The van der Waals surface area contributed by atoms with Gasteiger partial charge in [-0.2, -0.15) is 17.5 Å². The van der Waals surface area contributed by atoms with Crippen LogP contribution in [-0.4, -0.2) is 97.6 Å². The molecule has 5 rings (SSSR count). The Labute approximate surface area is 217 Å². The lowest BCUT2D eigenvalue weighted by Crippen LogP contribution is -2.61. The quantitative estimate of drug-likeness (QED) is 0.559. The number of morpholine rings is 1. The van der Waals surface area contributed by atoms with Crippen LogP contribution >= 0.6 is 11.3 Å². The molecule has 2 aromatic rings. The minimum absolute atomic E-state index is 0.0177. The summed E-state index contributed by atoms with van der Waals surface area (Å²) in [5.74, 6) is 0. The summed E-state index contributed by atoms with van der Waals surface area (Å²) in [7, 11) is -3.69. The molecule has 13 heteroatoms. The van der Waals surface area contributed by atoms with Crippen LogP contribution in [0.1, 0.15) is 18.9 Å². The molecular weight excluding hydrogens is 531 g/mol. The van der Waals surface area contributed by atoms with Crippen molar-refractivity contribution in [2.24, 2.45) is 0 Å². The summed E-state index contributed by atoms with van der Waals surface area (Å²) in [6, 6.07) is 8.38. The molecule has 3 fully saturated rings. The molecule has 2 N–H and O–H groups in total. The van der Waals surface area contributed by atoms with Gasteiger partial charge in [0, 0.05) is 37.9 Å². The van der Waals surface area contributed by atoms with Gasteiger partial charge < -0.3 is 19.8 Å². The van der Waals surface area contributed by atoms with Gasteiger partial charge in [-0.1, -0.05) is 18.2 Å². The third-order valence-electron chi connectivity index (χ3n) is 7.72. The second-order valence-electron chi connectivity index (χ2n) is 10.0. The molecule has 4 heterocycles. The van der Waals surface area contributed by atoms with Crippen molar-refractivity contribution in [1.29, 1.82) is 0 Å². The summed E-state index contributed by atoms with van der Waals surface area (Å²) in [5.41, 5.74) is -2.61. The number of anilines is 1. The number of fused-ring (bicyclic) bond motifs is 2. The SMILES string of the molecule is C[C@](O)(c1ccc(N2CCN(S(=O)(=O)c3cccs3)C[C@@H]2CN2[C@H]3COC[C@@H]2[C@@H](O)C3)cc1)C(F)(F)F. The molecule has 1 aromatic heterocycles. The molecular formula is C24H30F3N3O5S2. The van der Waals surface area contributed by atoms with Gasteiger partial charge in [-0.05, 0) is 42.5 Å². The van der Waals surface area contributed by atoms with Gasteiger partial charge in [0.15, 0.2) is 5.60 Å². The highest BCUT2D eigenvalue weighted by Gasteiger charge is 2.51. The van der Waals surface area contributed by atoms with Gasteiger partial charge >= 0.3 is 6.18 Å². The first kappa shape index (κ1) is 26.9. The predicted molar refractivity (Wildman–Crippen MR) is 132 cm³/mol. The first-order valence-corrected chi connectivity index (χ1v) is 14.4. The number of aliphatic hydroxyl groups is 2. The van der Waals surface area contributed by atoms with Crippen LogP contribution in [0.3, 0.4) is 0 Å². The van der Waals surface area contributed by atoms with Gasteiger partial charge in [-0.3, -0.25) is 4.90 Å². The van der Waals surface area contributed by atoms with E-state index in [-0.39, 0.29) is 41.0 Å². The van der Waals surface area contributed by atoms with Crippen molar-refractivity contribution in [3.8, 4) is 0 Å². The number of ether oxygens (including phenoxy) is 1. The highest BCUT2D eigenvalue weighted by molar-refractivity contribution is 7.91. The maximum absolute atomic E-state index is 13.3. The minimum Gasteiger partial charge on any atom is -0.391 e. The Morgan fingerprint density at radius 2 is 1.86 bits per heavy atom. The van der Waals surface area contributed by atoms with Crippen molar-refractivity contribution < 1.29 is 36.5 Å². The standard InChI is InChI=1S/C24H30F3N3O5S2/c1-23(32,24(25,26)27)16-4-6-17(7-5-16)29-9-8-28(37(33,34)22-3-2-10-36-22)12-19(29)13-30-18-11-21(31)20(30)15-35-14-18/h2-7,10,18-21,31-32H,8-9,11-15H2,1H3/t18-,19-,20-,21+,23+/m1/s1. The fourth-order valence-electron chi connectivity index (χ4n) is 5.51. The lowest BCUT2D eigenvalue weighted by Gasteiger charge is -2.46. The number of rotatable bonds is 6. The first-order valence-electron chi connectivity index (χ1n) is 12.1. The lowest BCUT2D eigenvalue weighted by molar-refractivity contribution is -0.258. The predicted octanol–water partition coefficient (Wildman–Crippen LogP) is 2.23. The lowest BCUT2D eigenvalue weighted by atomic mass is 9.95. The minimum atomic E-state index is -4.82. The van der Waals surface area contributed by atoms with Crippen LogP contribution in [0.25, 0.3) is 0 Å². The smallest absolute Gasteiger partial charge is 0.391 e. The van der Waals surface area contributed by atoms with Crippen molar-refractivity contribution >= 4 is 27.0 Å². The number of hydrogen-bond acceptors (Lipinski definition) is 8. The van der Waals surface area contributed by atoms with Crippen LogP contribution in [0.2, 0.25) is 0 Å². The van der Waals surface area contributed by atoms with E-state index in [0.29, 0.717) is 38.4 Å². The highest BCUT2D eigenvalue weighted by atomic mass is 32.2. The third kappa shape index (κ3) is 4.90. The summed E-state index contributed by atoms with van der Waals surface area (Å²) < 4.78 is 73.9. The zero-order valence-electron chi connectivity index (χ0n) is 20.2. The van der Waals surface area contributed by atoms with Crippen LogP contribution in [0.5, 0.6) is 0 Å². The van der Waals surface area contributed by atoms with E-state index >= 15 is 0 Å². The summed E-state index contributed by atoms with van der Waals surface area (Å²) in [5, 5.41) is 22.3. The maximum Gasteiger partial charge on any atom is 0.421 e. The molecule has 0 aliphatic carbocycles. The molecule has 0 spiro atoms. The zero-order chi connectivity index (χ0) is 26.6. The van der Waals surface area contributed by atoms with Crippen molar-refractivity contribution in [1.82, 2.24) is 9.21 Å². The van der Waals surface area contributed by atoms with Gasteiger partial charge in [0.2, 0.25) is 0 Å². The van der Waals surface area contributed by atoms with Gasteiger partial charge in [0.1, 0.15) is 4.21 Å². The summed E-state index contributed by atoms with van der Waals surface area (Å²) >= 11 is 1.16. The molecule has 3 aliphatic heterocycles. The number of sulfonamides is 1. The molecule has 1 aromatic carbocycles. The Bertz CT molecular complexity index is 1190. The van der Waals surface area contributed by atoms with Crippen molar-refractivity contribution in [2.75, 3.05) is 44.3 Å². The number of benzene rings is 1. The van der Waals surface area contributed by atoms with Crippen molar-refractivity contribution in [3.63, 3.8) is 0 Å². The largest absolute Gasteiger partial charge is 0.421 e. The normalized spacial score (nSPS) is 29.4. The van der Waals surface area contributed by atoms with Crippen LogP contribution in [0.4, 0.5) is 18.9 Å². The molecule has 8 nitrogen and oxygen atoms in total. The molecule has 3 saturated heterocycles. The Morgan fingerprint density at radius 3 is 2.49 bits per heavy atom. The average molecular weight is 562 g/mol. The monoisotopic (exact) mass is 561 g/mol. The van der Waals surface area contributed by atoms with Crippen LogP contribution in [-0.2, 0) is 20.4 Å². The molecule has 3 aliphatic rings. The van der Waals surface area contributed by atoms with Crippen LogP contribution < -0.4 is 4.90 Å². The van der Waals surface area contributed by atoms with Gasteiger partial charge in [-0.25, -0.2) is 8.42 Å². The van der Waals surface area contributed by atoms with E-state index in [1.807, 2.05) is 4.90 Å². The Balaban J connectivity index is 1.43. The van der Waals surface area contributed by atoms with Crippen molar-refractivity contribution in [3.05, 3.63) is 47.3 Å². The molecule has 204 valence electrons. The Hall–Kier alpha value is -1.74. The molecule has 5 atom stereocenters. The molecule has 0 radical (unpaired) electrons. The van der Waals surface area contributed by atoms with E-state index in [4.69, 9.17) is 4.74 Å². The summed E-state index contributed by atoms with van der Waals surface area (Å²) in [4.78, 5) is 4.18. The number of piperazine rings is 1. The fourth-order valence-corrected chi connectivity index (χ4v) is 8.12. The second kappa shape index (κ2) is 9.78. The molecule has 37 heavy (non-hydrogen) atoms. The second-order valence-corrected chi connectivity index (χ2v) is 13.1. The fraction of sp³-hybridized carbons (Fsp3) is 0.583. The number of hydrogen-bond donors (Lipinski definition) is 2. The van der Waals surface area contributed by atoms with E-state index in [0.717, 1.165) is 18.3 Å². The number of nitrogens with zero attached hydrogens (tertiary/aromatic N) is 3. The molecule has 2 bridgehead atoms. The van der Waals surface area contributed by atoms with Crippen LogP contribution in [0, 0.1) is 0 Å². The maximum atomic E-state index is 13.3. The number of alkyl halides is 3. The highest BCUT2D eigenvalue weighted by Crippen LogP contribution is 2.39. The average Bonchev–Trinajstić information content (AvgIpc) is 3.44. The summed E-state index contributed by atoms with van der Waals surface area (Å²) in [6.07, 6.45) is -4.77. The number of aliphatic hydroxyl groups excluding tert-OH is 1. The van der Waals surface area contributed by atoms with Gasteiger partial charge in [0.25, 0.3) is 10.0 Å². The van der Waals surface area contributed by atoms with Gasteiger partial charge in [-0.15, -0.1) is 11.3 Å². The summed E-state index contributed by atoms with van der Waals surface area (Å²) in [6.45, 7) is 2.81. The first-order chi connectivity index (χ1) is 17.4. The Kier molecular flexibility index (Phi) is 7.10. The topological polar surface area (TPSA) is 93.6 Å². The van der Waals surface area contributed by atoms with E-state index in [9.17, 15) is 31.8 Å².